The van der Waals surface area contributed by atoms with Crippen molar-refractivity contribution in [2.24, 2.45) is 5.14 Å². The first-order chi connectivity index (χ1) is 11.4. The molecular formula is C16H15ClN2O4S. The Hall–Kier alpha value is -2.09. The molecule has 0 fully saturated rings. The number of fused-ring (bicyclic) bond motifs is 1. The van der Waals surface area contributed by atoms with Gasteiger partial charge in [-0.05, 0) is 24.3 Å². The van der Waals surface area contributed by atoms with Crippen LogP contribution in [0, 0.1) is 0 Å². The van der Waals surface area contributed by atoms with Gasteiger partial charge in [0.25, 0.3) is 5.91 Å². The number of hydrogen-bond acceptors (Lipinski definition) is 4. The molecule has 0 saturated carbocycles. The summed E-state index contributed by atoms with van der Waals surface area (Å²) in [6.45, 7) is 0.500. The summed E-state index contributed by atoms with van der Waals surface area (Å²) in [6, 6.07) is 11.1. The molecular weight excluding hydrogens is 352 g/mol. The van der Waals surface area contributed by atoms with E-state index in [1.54, 1.807) is 0 Å². The number of benzene rings is 2. The van der Waals surface area contributed by atoms with Gasteiger partial charge in [0.2, 0.25) is 10.0 Å². The zero-order chi connectivity index (χ0) is 17.3. The first-order valence-electron chi connectivity index (χ1n) is 7.21. The van der Waals surface area contributed by atoms with Crippen LogP contribution in [0.4, 0.5) is 0 Å². The highest BCUT2D eigenvalue weighted by molar-refractivity contribution is 7.89. The lowest BCUT2D eigenvalue weighted by molar-refractivity contribution is 0.0925. The molecule has 6 nitrogen and oxygen atoms in total. The molecule has 3 N–H and O–H groups in total. The van der Waals surface area contributed by atoms with Gasteiger partial charge >= 0.3 is 0 Å². The van der Waals surface area contributed by atoms with Gasteiger partial charge in [0.15, 0.2) is 0 Å². The Morgan fingerprint density at radius 2 is 2.00 bits per heavy atom. The molecule has 8 heteroatoms. The van der Waals surface area contributed by atoms with Gasteiger partial charge in [-0.2, -0.15) is 0 Å². The molecule has 1 atom stereocenters. The van der Waals surface area contributed by atoms with E-state index in [1.807, 2.05) is 24.3 Å². The maximum atomic E-state index is 12.5. The van der Waals surface area contributed by atoms with Crippen molar-refractivity contribution >= 4 is 27.5 Å². The Morgan fingerprint density at radius 3 is 2.71 bits per heavy atom. The number of nitrogens with two attached hydrogens (primary N) is 1. The highest BCUT2D eigenvalue weighted by Crippen LogP contribution is 2.32. The predicted octanol–water partition coefficient (Wildman–Crippen LogP) is 2.24. The van der Waals surface area contributed by atoms with E-state index in [9.17, 15) is 13.2 Å². The van der Waals surface area contributed by atoms with Crippen LogP contribution in [-0.4, -0.2) is 20.9 Å². The number of carbonyl (C=O) groups is 1. The number of amides is 1. The van der Waals surface area contributed by atoms with Gasteiger partial charge < -0.3 is 10.1 Å². The Bertz CT molecular complexity index is 899. The highest BCUT2D eigenvalue weighted by atomic mass is 35.5. The topological polar surface area (TPSA) is 98.5 Å². The second kappa shape index (κ2) is 6.43. The lowest BCUT2D eigenvalue weighted by atomic mass is 10.00. The van der Waals surface area contributed by atoms with Crippen LogP contribution in [0.3, 0.4) is 0 Å². The Kier molecular flexibility index (Phi) is 4.49. The van der Waals surface area contributed by atoms with Gasteiger partial charge in [-0.3, -0.25) is 4.79 Å². The van der Waals surface area contributed by atoms with E-state index in [-0.39, 0.29) is 27.4 Å². The lowest BCUT2D eigenvalue weighted by Gasteiger charge is -2.26. The number of rotatable bonds is 3. The van der Waals surface area contributed by atoms with E-state index in [0.717, 1.165) is 11.3 Å². The summed E-state index contributed by atoms with van der Waals surface area (Å²) in [4.78, 5) is 12.3. The maximum absolute atomic E-state index is 12.5. The van der Waals surface area contributed by atoms with E-state index in [2.05, 4.69) is 5.32 Å². The number of para-hydroxylation sites is 1. The van der Waals surface area contributed by atoms with Crippen molar-refractivity contribution in [3.05, 3.63) is 58.6 Å². The van der Waals surface area contributed by atoms with Crippen LogP contribution < -0.4 is 15.2 Å². The molecule has 3 rings (SSSR count). The van der Waals surface area contributed by atoms with Crippen LogP contribution in [0.25, 0.3) is 0 Å². The third-order valence-corrected chi connectivity index (χ3v) is 5.00. The predicted molar refractivity (Wildman–Crippen MR) is 89.6 cm³/mol. The minimum atomic E-state index is -3.87. The first-order valence-corrected chi connectivity index (χ1v) is 9.13. The fourth-order valence-corrected chi connectivity index (χ4v) is 3.46. The maximum Gasteiger partial charge on any atom is 0.253 e. The number of primary sulfonamides is 1. The fourth-order valence-electron chi connectivity index (χ4n) is 2.58. The zero-order valence-corrected chi connectivity index (χ0v) is 14.1. The molecule has 1 amide bonds. The third-order valence-electron chi connectivity index (χ3n) is 3.78. The van der Waals surface area contributed by atoms with Gasteiger partial charge in [-0.25, -0.2) is 13.6 Å². The number of ether oxygens (including phenoxy) is 1. The molecule has 0 saturated heterocycles. The van der Waals surface area contributed by atoms with Crippen LogP contribution in [0.1, 0.15) is 28.4 Å². The van der Waals surface area contributed by atoms with E-state index in [4.69, 9.17) is 21.5 Å². The smallest absolute Gasteiger partial charge is 0.253 e. The van der Waals surface area contributed by atoms with Crippen molar-refractivity contribution in [1.82, 2.24) is 5.32 Å². The molecule has 126 valence electrons. The lowest BCUT2D eigenvalue weighted by Crippen LogP contribution is -2.32. The van der Waals surface area contributed by atoms with Gasteiger partial charge in [0.1, 0.15) is 5.75 Å². The molecule has 1 aliphatic heterocycles. The molecule has 0 bridgehead atoms. The minimum absolute atomic E-state index is 0.0272. The normalized spacial score (nSPS) is 16.8. The molecule has 0 unspecified atom stereocenters. The van der Waals surface area contributed by atoms with Gasteiger partial charge in [0.05, 0.1) is 28.1 Å². The van der Waals surface area contributed by atoms with Gasteiger partial charge in [0, 0.05) is 12.0 Å². The minimum Gasteiger partial charge on any atom is -0.493 e. The molecule has 24 heavy (non-hydrogen) atoms. The SMILES string of the molecule is NS(=O)(=O)c1ccc(C(=O)N[C@H]2CCOc3ccccc32)c(Cl)c1. The van der Waals surface area contributed by atoms with E-state index in [0.29, 0.717) is 13.0 Å². The van der Waals surface area contributed by atoms with Crippen LogP contribution in [0.15, 0.2) is 47.4 Å². The Morgan fingerprint density at radius 1 is 1.25 bits per heavy atom. The van der Waals surface area contributed by atoms with E-state index >= 15 is 0 Å². The second-order valence-corrected chi connectivity index (χ2v) is 7.36. The number of carbonyl (C=O) groups excluding carboxylic acids is 1. The summed E-state index contributed by atoms with van der Waals surface area (Å²) in [5.74, 6) is 0.354. The van der Waals surface area contributed by atoms with Crippen LogP contribution in [0.2, 0.25) is 5.02 Å². The number of sulfonamides is 1. The van der Waals surface area contributed by atoms with E-state index in [1.165, 1.54) is 18.2 Å². The van der Waals surface area contributed by atoms with Crippen molar-refractivity contribution in [3.8, 4) is 5.75 Å². The number of hydrogen-bond donors (Lipinski definition) is 2. The highest BCUT2D eigenvalue weighted by Gasteiger charge is 2.24. The largest absolute Gasteiger partial charge is 0.493 e. The summed E-state index contributed by atoms with van der Waals surface area (Å²) in [7, 11) is -3.87. The quantitative estimate of drug-likeness (QED) is 0.870. The average Bonchev–Trinajstić information content (AvgIpc) is 2.54. The van der Waals surface area contributed by atoms with Gasteiger partial charge in [-0.15, -0.1) is 0 Å². The van der Waals surface area contributed by atoms with Crippen molar-refractivity contribution in [3.63, 3.8) is 0 Å². The molecule has 0 spiro atoms. The molecule has 2 aromatic rings. The molecule has 0 radical (unpaired) electrons. The molecule has 0 aliphatic carbocycles. The zero-order valence-electron chi connectivity index (χ0n) is 12.5. The molecule has 2 aromatic carbocycles. The average molecular weight is 367 g/mol. The first kappa shape index (κ1) is 16.8. The van der Waals surface area contributed by atoms with Crippen LogP contribution in [0.5, 0.6) is 5.75 Å². The van der Waals surface area contributed by atoms with Crippen molar-refractivity contribution in [2.45, 2.75) is 17.4 Å². The van der Waals surface area contributed by atoms with Crippen molar-refractivity contribution < 1.29 is 17.9 Å². The van der Waals surface area contributed by atoms with E-state index < -0.39 is 10.0 Å². The summed E-state index contributed by atoms with van der Waals surface area (Å²) in [5.41, 5.74) is 1.09. The third kappa shape index (κ3) is 3.38. The summed E-state index contributed by atoms with van der Waals surface area (Å²) < 4.78 is 28.2. The summed E-state index contributed by atoms with van der Waals surface area (Å²) in [6.07, 6.45) is 0.635. The molecule has 0 aromatic heterocycles. The second-order valence-electron chi connectivity index (χ2n) is 5.39. The van der Waals surface area contributed by atoms with Crippen LogP contribution >= 0.6 is 11.6 Å². The summed E-state index contributed by atoms with van der Waals surface area (Å²) >= 11 is 6.04. The Labute approximate surface area is 144 Å². The van der Waals surface area contributed by atoms with Crippen molar-refractivity contribution in [1.29, 1.82) is 0 Å². The fraction of sp³-hybridized carbons (Fsp3) is 0.188. The molecule has 1 heterocycles. The van der Waals surface area contributed by atoms with Crippen LogP contribution in [-0.2, 0) is 10.0 Å². The monoisotopic (exact) mass is 366 g/mol. The summed E-state index contributed by atoms with van der Waals surface area (Å²) in [5, 5.41) is 7.99. The molecule has 1 aliphatic rings. The van der Waals surface area contributed by atoms with Gasteiger partial charge in [-0.1, -0.05) is 29.8 Å². The number of nitrogens with one attached hydrogen (secondary N) is 1. The Balaban J connectivity index is 1.84. The van der Waals surface area contributed by atoms with Crippen molar-refractivity contribution in [2.75, 3.05) is 6.61 Å². The number of halogens is 1. The standard InChI is InChI=1S/C16H15ClN2O4S/c17-13-9-10(24(18,21)22)5-6-11(13)16(20)19-14-7-8-23-15-4-2-1-3-12(14)15/h1-6,9,14H,7-8H2,(H,19,20)(H2,18,21,22)/t14-/m0/s1.